The van der Waals surface area contributed by atoms with Crippen LogP contribution in [0.1, 0.15) is 39.1 Å². The van der Waals surface area contributed by atoms with Gasteiger partial charge in [0.05, 0.1) is 22.0 Å². The van der Waals surface area contributed by atoms with Crippen molar-refractivity contribution in [3.63, 3.8) is 0 Å². The van der Waals surface area contributed by atoms with Crippen LogP contribution in [-0.2, 0) is 5.41 Å². The third-order valence-corrected chi connectivity index (χ3v) is 7.08. The molecule has 1 aromatic heterocycles. The molecule has 2 aliphatic heterocycles. The Morgan fingerprint density at radius 3 is 2.79 bits per heavy atom. The molecule has 1 N–H and O–H groups in total. The smallest absolute Gasteiger partial charge is 0.281 e. The fourth-order valence-corrected chi connectivity index (χ4v) is 5.33. The Balaban J connectivity index is 1.78. The molecular weight excluding hydrogens is 428 g/mol. The third-order valence-electron chi connectivity index (χ3n) is 6.42. The van der Waals surface area contributed by atoms with Gasteiger partial charge in [-0.1, -0.05) is 12.1 Å². The molecule has 29 heavy (non-hydrogen) atoms. The van der Waals surface area contributed by atoms with E-state index in [-0.39, 0.29) is 11.0 Å². The number of nitrogens with zero attached hydrogens (tertiary/aromatic N) is 3. The van der Waals surface area contributed by atoms with E-state index in [1.807, 2.05) is 18.2 Å². The molecule has 2 atom stereocenters. The highest BCUT2D eigenvalue weighted by Gasteiger charge is 2.39. The second-order valence-corrected chi connectivity index (χ2v) is 9.70. The summed E-state index contributed by atoms with van der Waals surface area (Å²) >= 11 is 3.55. The topological polar surface area (TPSA) is 50.2 Å². The van der Waals surface area contributed by atoms with E-state index in [9.17, 15) is 4.79 Å². The summed E-state index contributed by atoms with van der Waals surface area (Å²) in [5.41, 5.74) is 3.94. The highest BCUT2D eigenvalue weighted by molar-refractivity contribution is 9.10. The number of nitrogens with one attached hydrogen (secondary N) is 1. The largest absolute Gasteiger partial charge is 0.366 e. The van der Waals surface area contributed by atoms with Crippen LogP contribution in [0.25, 0.3) is 16.6 Å². The lowest BCUT2D eigenvalue weighted by atomic mass is 9.85. The van der Waals surface area contributed by atoms with E-state index >= 15 is 0 Å². The van der Waals surface area contributed by atoms with Crippen LogP contribution in [0, 0.1) is 0 Å². The second kappa shape index (κ2) is 6.41. The average molecular weight is 453 g/mol. The molecule has 0 aliphatic carbocycles. The first-order valence-electron chi connectivity index (χ1n) is 10.2. The molecule has 1 fully saturated rings. The summed E-state index contributed by atoms with van der Waals surface area (Å²) in [5.74, 6) is 0.807. The van der Waals surface area contributed by atoms with E-state index in [1.165, 1.54) is 11.3 Å². The zero-order valence-electron chi connectivity index (χ0n) is 17.2. The first-order chi connectivity index (χ1) is 13.8. The molecule has 2 aliphatic rings. The van der Waals surface area contributed by atoms with Crippen LogP contribution in [0.15, 0.2) is 45.7 Å². The van der Waals surface area contributed by atoms with E-state index in [0.29, 0.717) is 17.5 Å². The standard InChI is InChI=1S/C23H25BrN4O/c1-13-12-27(14(2)11-25-13)15-8-9-16-19(10-15)28-18-7-5-6-17(24)20(18)21(29)26-22(28)23(16,3)4/h5-10,13-14,25H,11-12H2,1-4H3/t13-,14+/m1/s1. The van der Waals surface area contributed by atoms with Gasteiger partial charge in [-0.05, 0) is 73.5 Å². The Hall–Kier alpha value is -2.18. The number of hydrogen-bond acceptors (Lipinski definition) is 4. The molecule has 150 valence electrons. The van der Waals surface area contributed by atoms with Crippen molar-refractivity contribution in [2.75, 3.05) is 18.0 Å². The van der Waals surface area contributed by atoms with E-state index in [2.05, 4.69) is 81.6 Å². The number of fused-ring (bicyclic) bond motifs is 5. The Morgan fingerprint density at radius 1 is 1.21 bits per heavy atom. The van der Waals surface area contributed by atoms with E-state index < -0.39 is 0 Å². The molecule has 3 aromatic rings. The molecular formula is C23H25BrN4O. The molecule has 2 aromatic carbocycles. The maximum absolute atomic E-state index is 12.8. The van der Waals surface area contributed by atoms with Crippen molar-refractivity contribution in [1.29, 1.82) is 0 Å². The highest BCUT2D eigenvalue weighted by atomic mass is 79.9. The molecule has 6 heteroatoms. The molecule has 0 bridgehead atoms. The van der Waals surface area contributed by atoms with Crippen molar-refractivity contribution in [3.8, 4) is 5.69 Å². The molecule has 5 nitrogen and oxygen atoms in total. The fraction of sp³-hybridized carbons (Fsp3) is 0.391. The van der Waals surface area contributed by atoms with Crippen molar-refractivity contribution in [3.05, 3.63) is 62.6 Å². The van der Waals surface area contributed by atoms with Gasteiger partial charge in [0, 0.05) is 35.3 Å². The van der Waals surface area contributed by atoms with Gasteiger partial charge in [0.25, 0.3) is 5.56 Å². The Labute approximate surface area is 178 Å². The summed E-state index contributed by atoms with van der Waals surface area (Å²) in [4.78, 5) is 19.8. The van der Waals surface area contributed by atoms with Gasteiger partial charge >= 0.3 is 0 Å². The maximum atomic E-state index is 12.8. The Morgan fingerprint density at radius 2 is 2.00 bits per heavy atom. The monoisotopic (exact) mass is 452 g/mol. The first kappa shape index (κ1) is 18.8. The summed E-state index contributed by atoms with van der Waals surface area (Å²) in [7, 11) is 0. The molecule has 1 saturated heterocycles. The minimum Gasteiger partial charge on any atom is -0.366 e. The van der Waals surface area contributed by atoms with Crippen molar-refractivity contribution >= 4 is 32.5 Å². The van der Waals surface area contributed by atoms with Crippen molar-refractivity contribution in [1.82, 2.24) is 14.9 Å². The zero-order chi connectivity index (χ0) is 20.5. The van der Waals surface area contributed by atoms with Gasteiger partial charge in [-0.2, -0.15) is 4.98 Å². The molecule has 5 rings (SSSR count). The maximum Gasteiger partial charge on any atom is 0.281 e. The Kier molecular flexibility index (Phi) is 4.16. The van der Waals surface area contributed by atoms with Crippen LogP contribution in [-0.4, -0.2) is 34.7 Å². The van der Waals surface area contributed by atoms with Crippen LogP contribution >= 0.6 is 15.9 Å². The summed E-state index contributed by atoms with van der Waals surface area (Å²) in [6, 6.07) is 13.5. The number of piperazine rings is 1. The van der Waals surface area contributed by atoms with E-state index in [4.69, 9.17) is 0 Å². The lowest BCUT2D eigenvalue weighted by Crippen LogP contribution is -2.54. The van der Waals surface area contributed by atoms with Crippen molar-refractivity contribution in [2.24, 2.45) is 0 Å². The predicted octanol–water partition coefficient (Wildman–Crippen LogP) is 3.97. The minimum atomic E-state index is -0.327. The summed E-state index contributed by atoms with van der Waals surface area (Å²) in [6.45, 7) is 10.7. The van der Waals surface area contributed by atoms with Gasteiger partial charge < -0.3 is 10.2 Å². The van der Waals surface area contributed by atoms with Crippen molar-refractivity contribution < 1.29 is 0 Å². The highest BCUT2D eigenvalue weighted by Crippen LogP contribution is 2.44. The lowest BCUT2D eigenvalue weighted by molar-refractivity contribution is 0.425. The number of benzene rings is 2. The molecule has 0 amide bonds. The predicted molar refractivity (Wildman–Crippen MR) is 121 cm³/mol. The van der Waals surface area contributed by atoms with Gasteiger partial charge in [0.1, 0.15) is 5.82 Å². The van der Waals surface area contributed by atoms with Crippen LogP contribution in [0.4, 0.5) is 5.69 Å². The normalized spacial score (nSPS) is 22.6. The SMILES string of the molecule is C[C@@H]1CN(c2ccc3c(c2)-n2c(nc(=O)c4c(Br)cccc42)C3(C)C)[C@@H](C)CN1. The van der Waals surface area contributed by atoms with E-state index in [0.717, 1.165) is 34.6 Å². The van der Waals surface area contributed by atoms with Gasteiger partial charge in [0.15, 0.2) is 0 Å². The van der Waals surface area contributed by atoms with Crippen LogP contribution in [0.3, 0.4) is 0 Å². The van der Waals surface area contributed by atoms with Gasteiger partial charge in [-0.3, -0.25) is 9.36 Å². The minimum absolute atomic E-state index is 0.176. The van der Waals surface area contributed by atoms with Crippen LogP contribution in [0.2, 0.25) is 0 Å². The molecule has 0 radical (unpaired) electrons. The van der Waals surface area contributed by atoms with Gasteiger partial charge in [0.2, 0.25) is 0 Å². The molecule has 0 unspecified atom stereocenters. The lowest BCUT2D eigenvalue weighted by Gasteiger charge is -2.39. The average Bonchev–Trinajstić information content (AvgIpc) is 2.90. The van der Waals surface area contributed by atoms with E-state index in [1.54, 1.807) is 0 Å². The summed E-state index contributed by atoms with van der Waals surface area (Å²) in [6.07, 6.45) is 0. The number of halogens is 1. The summed E-state index contributed by atoms with van der Waals surface area (Å²) < 4.78 is 2.96. The van der Waals surface area contributed by atoms with Gasteiger partial charge in [-0.25, -0.2) is 0 Å². The molecule has 3 heterocycles. The zero-order valence-corrected chi connectivity index (χ0v) is 18.7. The molecule has 0 saturated carbocycles. The van der Waals surface area contributed by atoms with Gasteiger partial charge in [-0.15, -0.1) is 0 Å². The van der Waals surface area contributed by atoms with Crippen LogP contribution in [0.5, 0.6) is 0 Å². The number of hydrogen-bond donors (Lipinski definition) is 1. The van der Waals surface area contributed by atoms with Crippen LogP contribution < -0.4 is 15.8 Å². The quantitative estimate of drug-likeness (QED) is 0.606. The number of anilines is 1. The summed E-state index contributed by atoms with van der Waals surface area (Å²) in [5, 5.41) is 4.19. The third kappa shape index (κ3) is 2.69. The Bertz CT molecular complexity index is 1200. The molecule has 0 spiro atoms. The first-order valence-corrected chi connectivity index (χ1v) is 10.9. The number of aromatic nitrogens is 2. The van der Waals surface area contributed by atoms with Crippen molar-refractivity contribution in [2.45, 2.75) is 45.2 Å². The fourth-order valence-electron chi connectivity index (χ4n) is 4.80. The number of rotatable bonds is 1. The second-order valence-electron chi connectivity index (χ2n) is 8.85.